The van der Waals surface area contributed by atoms with Crippen molar-refractivity contribution in [1.29, 1.82) is 0 Å². The molecule has 7 heteroatoms. The molecule has 3 aromatic rings. The fourth-order valence-electron chi connectivity index (χ4n) is 2.00. The Balaban J connectivity index is 1.73. The van der Waals surface area contributed by atoms with E-state index < -0.39 is 0 Å². The first kappa shape index (κ1) is 14.8. The molecular formula is C16H12N4O2S. The summed E-state index contributed by atoms with van der Waals surface area (Å²) >= 11 is 1.32. The fourth-order valence-corrected chi connectivity index (χ4v) is 2.89. The van der Waals surface area contributed by atoms with Crippen LogP contribution in [0, 0.1) is 6.57 Å². The molecule has 0 atom stereocenters. The number of ether oxygens (including phenoxy) is 1. The van der Waals surface area contributed by atoms with Crippen molar-refractivity contribution < 1.29 is 9.53 Å². The van der Waals surface area contributed by atoms with Crippen LogP contribution in [0.3, 0.4) is 0 Å². The van der Waals surface area contributed by atoms with Crippen LogP contribution in [0.2, 0.25) is 0 Å². The van der Waals surface area contributed by atoms with Crippen molar-refractivity contribution in [2.24, 2.45) is 0 Å². The minimum atomic E-state index is -0.386. The van der Waals surface area contributed by atoms with E-state index in [1.54, 1.807) is 49.6 Å². The molecule has 0 unspecified atom stereocenters. The highest BCUT2D eigenvalue weighted by molar-refractivity contribution is 7.22. The van der Waals surface area contributed by atoms with E-state index >= 15 is 0 Å². The van der Waals surface area contributed by atoms with Gasteiger partial charge in [0.25, 0.3) is 0 Å². The minimum absolute atomic E-state index is 0.386. The summed E-state index contributed by atoms with van der Waals surface area (Å²) in [7, 11) is 1.57. The lowest BCUT2D eigenvalue weighted by Gasteiger charge is -2.06. The van der Waals surface area contributed by atoms with Gasteiger partial charge in [0.1, 0.15) is 5.75 Å². The summed E-state index contributed by atoms with van der Waals surface area (Å²) in [6.45, 7) is 7.02. The number of amides is 2. The first-order valence-corrected chi connectivity index (χ1v) is 7.50. The fraction of sp³-hybridized carbons (Fsp3) is 0.0625. The number of rotatable bonds is 3. The zero-order valence-corrected chi connectivity index (χ0v) is 13.0. The monoisotopic (exact) mass is 324 g/mol. The van der Waals surface area contributed by atoms with Crippen LogP contribution < -0.4 is 15.4 Å². The molecule has 0 aliphatic heterocycles. The van der Waals surface area contributed by atoms with Crippen molar-refractivity contribution >= 4 is 44.1 Å². The number of thiazole rings is 1. The SMILES string of the molecule is [C-]#[N+]c1ccc2nc(NC(=O)Nc3cccc(OC)c3)sc2c1. The predicted octanol–water partition coefficient (Wildman–Crippen LogP) is 4.50. The van der Waals surface area contributed by atoms with Crippen LogP contribution in [0.5, 0.6) is 5.75 Å². The van der Waals surface area contributed by atoms with Crippen molar-refractivity contribution in [3.63, 3.8) is 0 Å². The lowest BCUT2D eigenvalue weighted by Crippen LogP contribution is -2.19. The summed E-state index contributed by atoms with van der Waals surface area (Å²) in [5.41, 5.74) is 1.92. The van der Waals surface area contributed by atoms with Gasteiger partial charge in [-0.3, -0.25) is 5.32 Å². The van der Waals surface area contributed by atoms with E-state index in [2.05, 4.69) is 20.5 Å². The van der Waals surface area contributed by atoms with Gasteiger partial charge in [0.15, 0.2) is 10.8 Å². The zero-order chi connectivity index (χ0) is 16.2. The molecule has 0 aliphatic rings. The summed E-state index contributed by atoms with van der Waals surface area (Å²) in [5, 5.41) is 5.89. The molecule has 2 aromatic carbocycles. The van der Waals surface area contributed by atoms with Crippen LogP contribution in [0.25, 0.3) is 15.1 Å². The molecular weight excluding hydrogens is 312 g/mol. The molecule has 0 aliphatic carbocycles. The summed E-state index contributed by atoms with van der Waals surface area (Å²) < 4.78 is 5.97. The van der Waals surface area contributed by atoms with Gasteiger partial charge in [-0.1, -0.05) is 23.5 Å². The largest absolute Gasteiger partial charge is 0.497 e. The number of nitrogens with one attached hydrogen (secondary N) is 2. The van der Waals surface area contributed by atoms with E-state index in [9.17, 15) is 4.79 Å². The van der Waals surface area contributed by atoms with Crippen molar-refractivity contribution in [3.8, 4) is 5.75 Å². The lowest BCUT2D eigenvalue weighted by molar-refractivity contribution is 0.262. The number of methoxy groups -OCH3 is 1. The first-order valence-electron chi connectivity index (χ1n) is 6.68. The van der Waals surface area contributed by atoms with Crippen molar-refractivity contribution in [3.05, 3.63) is 53.9 Å². The molecule has 0 radical (unpaired) electrons. The van der Waals surface area contributed by atoms with Crippen molar-refractivity contribution in [2.75, 3.05) is 17.7 Å². The summed E-state index contributed by atoms with van der Waals surface area (Å²) in [4.78, 5) is 19.7. The number of hydrogen-bond acceptors (Lipinski definition) is 4. The van der Waals surface area contributed by atoms with Gasteiger partial charge in [-0.15, -0.1) is 0 Å². The maximum Gasteiger partial charge on any atom is 0.325 e. The Kier molecular flexibility index (Phi) is 4.08. The molecule has 1 heterocycles. The highest BCUT2D eigenvalue weighted by Gasteiger charge is 2.09. The van der Waals surface area contributed by atoms with Crippen LogP contribution in [-0.4, -0.2) is 18.1 Å². The van der Waals surface area contributed by atoms with Crippen LogP contribution >= 0.6 is 11.3 Å². The van der Waals surface area contributed by atoms with Gasteiger partial charge >= 0.3 is 6.03 Å². The number of hydrogen-bond donors (Lipinski definition) is 2. The number of nitrogens with zero attached hydrogens (tertiary/aromatic N) is 2. The van der Waals surface area contributed by atoms with Gasteiger partial charge < -0.3 is 10.1 Å². The molecule has 2 amide bonds. The molecule has 1 aromatic heterocycles. The Morgan fingerprint density at radius 2 is 2.13 bits per heavy atom. The normalized spacial score (nSPS) is 10.1. The van der Waals surface area contributed by atoms with Gasteiger partial charge in [0, 0.05) is 16.5 Å². The molecule has 0 bridgehead atoms. The second kappa shape index (κ2) is 6.34. The van der Waals surface area contributed by atoms with E-state index in [1.807, 2.05) is 0 Å². The summed E-state index contributed by atoms with van der Waals surface area (Å²) in [5.74, 6) is 0.662. The Bertz CT molecular complexity index is 914. The standard InChI is InChI=1S/C16H12N4O2S/c1-17-10-6-7-13-14(9-10)23-16(19-13)20-15(21)18-11-4-3-5-12(8-11)22-2/h3-9H,2H3,(H2,18,19,20,21). The molecule has 0 saturated carbocycles. The van der Waals surface area contributed by atoms with Gasteiger partial charge in [-0.2, -0.15) is 0 Å². The number of aromatic nitrogens is 1. The van der Waals surface area contributed by atoms with Gasteiger partial charge in [0.05, 0.1) is 19.2 Å². The molecule has 0 spiro atoms. The topological polar surface area (TPSA) is 67.6 Å². The Labute approximate surface area is 136 Å². The highest BCUT2D eigenvalue weighted by Crippen LogP contribution is 2.29. The Morgan fingerprint density at radius 3 is 2.91 bits per heavy atom. The quantitative estimate of drug-likeness (QED) is 0.697. The summed E-state index contributed by atoms with van der Waals surface area (Å²) in [6.07, 6.45) is 0. The number of urea groups is 1. The third kappa shape index (κ3) is 3.39. The number of carbonyl (C=O) groups excluding carboxylic acids is 1. The number of fused-ring (bicyclic) bond motifs is 1. The second-order valence-electron chi connectivity index (χ2n) is 4.59. The van der Waals surface area contributed by atoms with Crippen molar-refractivity contribution in [1.82, 2.24) is 4.98 Å². The molecule has 0 fully saturated rings. The number of carbonyl (C=O) groups is 1. The minimum Gasteiger partial charge on any atom is -0.497 e. The van der Waals surface area contributed by atoms with Crippen LogP contribution in [0.1, 0.15) is 0 Å². The van der Waals surface area contributed by atoms with Crippen LogP contribution in [-0.2, 0) is 0 Å². The molecule has 114 valence electrons. The average Bonchev–Trinajstić information content (AvgIpc) is 2.95. The number of anilines is 2. The van der Waals surface area contributed by atoms with Gasteiger partial charge in [-0.25, -0.2) is 14.6 Å². The predicted molar refractivity (Wildman–Crippen MR) is 91.5 cm³/mol. The lowest BCUT2D eigenvalue weighted by atomic mass is 10.3. The van der Waals surface area contributed by atoms with E-state index in [4.69, 9.17) is 11.3 Å². The average molecular weight is 324 g/mol. The third-order valence-corrected chi connectivity index (χ3v) is 3.98. The molecule has 2 N–H and O–H groups in total. The zero-order valence-electron chi connectivity index (χ0n) is 12.2. The highest BCUT2D eigenvalue weighted by atomic mass is 32.1. The Hall–Kier alpha value is -3.11. The maximum atomic E-state index is 12.0. The van der Waals surface area contributed by atoms with Gasteiger partial charge in [-0.05, 0) is 24.3 Å². The molecule has 3 rings (SSSR count). The third-order valence-electron chi connectivity index (χ3n) is 3.05. The van der Waals surface area contributed by atoms with E-state index in [1.165, 1.54) is 11.3 Å². The molecule has 0 saturated heterocycles. The van der Waals surface area contributed by atoms with E-state index in [0.29, 0.717) is 22.3 Å². The first-order chi connectivity index (χ1) is 11.2. The molecule has 6 nitrogen and oxygen atoms in total. The van der Waals surface area contributed by atoms with E-state index in [-0.39, 0.29) is 6.03 Å². The summed E-state index contributed by atoms with van der Waals surface area (Å²) in [6, 6.07) is 11.9. The van der Waals surface area contributed by atoms with Crippen LogP contribution in [0.15, 0.2) is 42.5 Å². The maximum absolute atomic E-state index is 12.0. The Morgan fingerprint density at radius 1 is 1.26 bits per heavy atom. The molecule has 23 heavy (non-hydrogen) atoms. The number of benzene rings is 2. The second-order valence-corrected chi connectivity index (χ2v) is 5.62. The van der Waals surface area contributed by atoms with Crippen molar-refractivity contribution in [2.45, 2.75) is 0 Å². The van der Waals surface area contributed by atoms with Gasteiger partial charge in [0.2, 0.25) is 0 Å². The van der Waals surface area contributed by atoms with E-state index in [0.717, 1.165) is 10.2 Å². The smallest absolute Gasteiger partial charge is 0.325 e. The van der Waals surface area contributed by atoms with Crippen LogP contribution in [0.4, 0.5) is 21.3 Å².